The summed E-state index contributed by atoms with van der Waals surface area (Å²) in [7, 11) is 0. The minimum Gasteiger partial charge on any atom is -0.494 e. The molecule has 0 aromatic heterocycles. The van der Waals surface area contributed by atoms with Crippen LogP contribution in [-0.2, 0) is 11.2 Å². The van der Waals surface area contributed by atoms with Gasteiger partial charge in [0.1, 0.15) is 5.75 Å². The summed E-state index contributed by atoms with van der Waals surface area (Å²) in [5, 5.41) is 6.32. The number of amides is 1. The maximum atomic E-state index is 13.6. The average molecular weight is 388 g/mol. The minimum atomic E-state index is -0.853. The number of hydrogen-bond acceptors (Lipinski definition) is 3. The van der Waals surface area contributed by atoms with Crippen molar-refractivity contribution in [3.63, 3.8) is 0 Å². The highest BCUT2D eigenvalue weighted by Crippen LogP contribution is 2.27. The summed E-state index contributed by atoms with van der Waals surface area (Å²) in [6.07, 6.45) is 1.76. The van der Waals surface area contributed by atoms with Crippen LogP contribution < -0.4 is 15.4 Å². The predicted molar refractivity (Wildman–Crippen MR) is 104 cm³/mol. The molecular weight excluding hydrogens is 362 g/mol. The molecule has 2 aromatic rings. The molecule has 0 saturated carbocycles. The van der Waals surface area contributed by atoms with Gasteiger partial charge >= 0.3 is 0 Å². The average Bonchev–Trinajstić information content (AvgIpc) is 2.70. The Hall–Kier alpha value is -2.47. The Kier molecular flexibility index (Phi) is 6.98. The molecule has 1 saturated heterocycles. The molecule has 3 rings (SSSR count). The number of carbonyl (C=O) groups excluding carboxylic acids is 1. The zero-order valence-corrected chi connectivity index (χ0v) is 16.0. The monoisotopic (exact) mass is 388 g/mol. The number of halogens is 2. The number of carbonyl (C=O) groups is 1. The highest BCUT2D eigenvalue weighted by molar-refractivity contribution is 5.76. The van der Waals surface area contributed by atoms with Gasteiger partial charge in [0.2, 0.25) is 5.91 Å². The summed E-state index contributed by atoms with van der Waals surface area (Å²) < 4.78 is 32.3. The van der Waals surface area contributed by atoms with Crippen molar-refractivity contribution < 1.29 is 18.3 Å². The molecule has 0 spiro atoms. The number of hydrogen-bond donors (Lipinski definition) is 2. The number of benzene rings is 2. The molecule has 4 nitrogen and oxygen atoms in total. The van der Waals surface area contributed by atoms with Crippen molar-refractivity contribution in [2.24, 2.45) is 0 Å². The standard InChI is InChI=1S/C22H26F2N2O2/c1-2-28-17-7-3-15(4-8-17)5-10-22(27)26-21-14-25-12-11-18(21)16-6-9-19(23)20(24)13-16/h3-4,6-9,13,18,21,25H,2,5,10-12,14H2,1H3,(H,26,27). The van der Waals surface area contributed by atoms with Gasteiger partial charge in [0, 0.05) is 24.9 Å². The molecule has 0 aliphatic carbocycles. The lowest BCUT2D eigenvalue weighted by atomic mass is 9.86. The maximum absolute atomic E-state index is 13.6. The van der Waals surface area contributed by atoms with E-state index in [0.717, 1.165) is 35.9 Å². The van der Waals surface area contributed by atoms with Gasteiger partial charge in [-0.15, -0.1) is 0 Å². The molecule has 2 N–H and O–H groups in total. The normalized spacial score (nSPS) is 19.2. The molecule has 150 valence electrons. The third kappa shape index (κ3) is 5.29. The van der Waals surface area contributed by atoms with Gasteiger partial charge in [0.25, 0.3) is 0 Å². The maximum Gasteiger partial charge on any atom is 0.220 e. The highest BCUT2D eigenvalue weighted by atomic mass is 19.2. The lowest BCUT2D eigenvalue weighted by molar-refractivity contribution is -0.122. The summed E-state index contributed by atoms with van der Waals surface area (Å²) in [5.41, 5.74) is 1.79. The van der Waals surface area contributed by atoms with Crippen LogP contribution in [0.5, 0.6) is 5.75 Å². The second-order valence-corrected chi connectivity index (χ2v) is 7.02. The van der Waals surface area contributed by atoms with Crippen LogP contribution in [-0.4, -0.2) is 31.6 Å². The molecule has 0 radical (unpaired) electrons. The fourth-order valence-electron chi connectivity index (χ4n) is 3.61. The van der Waals surface area contributed by atoms with Crippen LogP contribution in [0.4, 0.5) is 8.78 Å². The smallest absolute Gasteiger partial charge is 0.220 e. The Balaban J connectivity index is 1.57. The first kappa shape index (κ1) is 20.3. The Bertz CT molecular complexity index is 796. The van der Waals surface area contributed by atoms with Crippen molar-refractivity contribution in [3.8, 4) is 5.75 Å². The van der Waals surface area contributed by atoms with Crippen LogP contribution in [0.3, 0.4) is 0 Å². The van der Waals surface area contributed by atoms with E-state index in [0.29, 0.717) is 26.0 Å². The topological polar surface area (TPSA) is 50.4 Å². The van der Waals surface area contributed by atoms with E-state index < -0.39 is 11.6 Å². The van der Waals surface area contributed by atoms with Gasteiger partial charge in [-0.3, -0.25) is 4.79 Å². The summed E-state index contributed by atoms with van der Waals surface area (Å²) in [6, 6.07) is 11.6. The molecule has 2 aromatic carbocycles. The molecule has 1 aliphatic heterocycles. The molecule has 28 heavy (non-hydrogen) atoms. The first-order chi connectivity index (χ1) is 13.6. The fraction of sp³-hybridized carbons (Fsp3) is 0.409. The van der Waals surface area contributed by atoms with Crippen molar-refractivity contribution >= 4 is 5.91 Å². The summed E-state index contributed by atoms with van der Waals surface area (Å²) in [5.74, 6) is -0.968. The van der Waals surface area contributed by atoms with Crippen LogP contribution in [0.25, 0.3) is 0 Å². The van der Waals surface area contributed by atoms with Gasteiger partial charge in [-0.1, -0.05) is 18.2 Å². The lowest BCUT2D eigenvalue weighted by Crippen LogP contribution is -2.50. The molecule has 2 atom stereocenters. The van der Waals surface area contributed by atoms with Crippen molar-refractivity contribution in [1.82, 2.24) is 10.6 Å². The van der Waals surface area contributed by atoms with E-state index in [1.165, 1.54) is 6.07 Å². The molecule has 2 unspecified atom stereocenters. The van der Waals surface area contributed by atoms with E-state index in [1.54, 1.807) is 6.07 Å². The molecule has 1 amide bonds. The molecule has 1 aliphatic rings. The van der Waals surface area contributed by atoms with Crippen LogP contribution in [0.2, 0.25) is 0 Å². The quantitative estimate of drug-likeness (QED) is 0.763. The summed E-state index contributed by atoms with van der Waals surface area (Å²) >= 11 is 0. The van der Waals surface area contributed by atoms with E-state index in [1.807, 2.05) is 31.2 Å². The second-order valence-electron chi connectivity index (χ2n) is 7.02. The zero-order chi connectivity index (χ0) is 19.9. The van der Waals surface area contributed by atoms with E-state index in [9.17, 15) is 13.6 Å². The molecule has 0 bridgehead atoms. The van der Waals surface area contributed by atoms with Crippen molar-refractivity contribution in [2.75, 3.05) is 19.7 Å². The number of rotatable bonds is 7. The Morgan fingerprint density at radius 3 is 2.68 bits per heavy atom. The molecule has 1 heterocycles. The summed E-state index contributed by atoms with van der Waals surface area (Å²) in [6.45, 7) is 3.95. The van der Waals surface area contributed by atoms with Gasteiger partial charge in [-0.25, -0.2) is 8.78 Å². The first-order valence-corrected chi connectivity index (χ1v) is 9.73. The van der Waals surface area contributed by atoms with Crippen LogP contribution in [0.1, 0.15) is 36.8 Å². The van der Waals surface area contributed by atoms with E-state index >= 15 is 0 Å². The van der Waals surface area contributed by atoms with Crippen LogP contribution >= 0.6 is 0 Å². The summed E-state index contributed by atoms with van der Waals surface area (Å²) in [4.78, 5) is 12.5. The SMILES string of the molecule is CCOc1ccc(CCC(=O)NC2CNCCC2c2ccc(F)c(F)c2)cc1. The third-order valence-corrected chi connectivity index (χ3v) is 5.08. The molecule has 6 heteroatoms. The van der Waals surface area contributed by atoms with Crippen LogP contribution in [0, 0.1) is 11.6 Å². The van der Waals surface area contributed by atoms with Gasteiger partial charge in [0.15, 0.2) is 11.6 Å². The Morgan fingerprint density at radius 2 is 1.96 bits per heavy atom. The number of aryl methyl sites for hydroxylation is 1. The number of nitrogens with one attached hydrogen (secondary N) is 2. The van der Waals surface area contributed by atoms with Crippen LogP contribution in [0.15, 0.2) is 42.5 Å². The van der Waals surface area contributed by atoms with Gasteiger partial charge < -0.3 is 15.4 Å². The van der Waals surface area contributed by atoms with Gasteiger partial charge in [-0.2, -0.15) is 0 Å². The molecule has 1 fully saturated rings. The Morgan fingerprint density at radius 1 is 1.18 bits per heavy atom. The number of piperidine rings is 1. The minimum absolute atomic E-state index is 0.0363. The van der Waals surface area contributed by atoms with Crippen molar-refractivity contribution in [3.05, 3.63) is 65.2 Å². The fourth-order valence-corrected chi connectivity index (χ4v) is 3.61. The first-order valence-electron chi connectivity index (χ1n) is 9.73. The highest BCUT2D eigenvalue weighted by Gasteiger charge is 2.28. The van der Waals surface area contributed by atoms with Gasteiger partial charge in [-0.05, 0) is 61.7 Å². The van der Waals surface area contributed by atoms with Gasteiger partial charge in [0.05, 0.1) is 6.61 Å². The lowest BCUT2D eigenvalue weighted by Gasteiger charge is -2.33. The van der Waals surface area contributed by atoms with E-state index in [2.05, 4.69) is 10.6 Å². The second kappa shape index (κ2) is 9.64. The number of ether oxygens (including phenoxy) is 1. The van der Waals surface area contributed by atoms with E-state index in [4.69, 9.17) is 4.74 Å². The van der Waals surface area contributed by atoms with Crippen molar-refractivity contribution in [1.29, 1.82) is 0 Å². The third-order valence-electron chi connectivity index (χ3n) is 5.08. The zero-order valence-electron chi connectivity index (χ0n) is 16.0. The van der Waals surface area contributed by atoms with Crippen molar-refractivity contribution in [2.45, 2.75) is 38.1 Å². The Labute approximate surface area is 164 Å². The largest absolute Gasteiger partial charge is 0.494 e. The molecular formula is C22H26F2N2O2. The van der Waals surface area contributed by atoms with E-state index in [-0.39, 0.29) is 17.9 Å². The predicted octanol–water partition coefficient (Wildman–Crippen LogP) is 3.56.